The number of rotatable bonds is 7. The molecular weight excluding hydrogens is 336 g/mol. The molecule has 1 aliphatic rings. The number of hydrogen-bond donors (Lipinski definition) is 2. The van der Waals surface area contributed by atoms with Crippen LogP contribution in [-0.2, 0) is 11.2 Å². The Kier molecular flexibility index (Phi) is 8.11. The lowest BCUT2D eigenvalue weighted by molar-refractivity contribution is -0.00502. The van der Waals surface area contributed by atoms with E-state index in [1.807, 2.05) is 7.05 Å². The van der Waals surface area contributed by atoms with E-state index in [1.54, 1.807) is 0 Å². The zero-order valence-corrected chi connectivity index (χ0v) is 18.0. The first kappa shape index (κ1) is 21.7. The van der Waals surface area contributed by atoms with Gasteiger partial charge < -0.3 is 20.3 Å². The molecule has 1 saturated heterocycles. The van der Waals surface area contributed by atoms with E-state index in [9.17, 15) is 0 Å². The fraction of sp³-hybridized carbons (Fsp3) is 0.682. The van der Waals surface area contributed by atoms with Gasteiger partial charge in [-0.2, -0.15) is 0 Å². The van der Waals surface area contributed by atoms with Crippen molar-refractivity contribution < 1.29 is 4.74 Å². The van der Waals surface area contributed by atoms with Crippen LogP contribution in [0.2, 0.25) is 0 Å². The van der Waals surface area contributed by atoms with Crippen molar-refractivity contribution in [2.24, 2.45) is 10.9 Å². The Labute approximate surface area is 165 Å². The third-order valence-corrected chi connectivity index (χ3v) is 5.66. The lowest BCUT2D eigenvalue weighted by Crippen LogP contribution is -2.57. The molecule has 0 aromatic heterocycles. The van der Waals surface area contributed by atoms with Crippen LogP contribution in [0.15, 0.2) is 29.3 Å². The highest BCUT2D eigenvalue weighted by atomic mass is 16.5. The summed E-state index contributed by atoms with van der Waals surface area (Å²) in [5, 5.41) is 7.07. The zero-order chi connectivity index (χ0) is 19.9. The Bertz CT molecular complexity index is 589. The van der Waals surface area contributed by atoms with Crippen molar-refractivity contribution in [3.8, 4) is 0 Å². The number of ether oxygens (including phenoxy) is 1. The molecule has 1 aromatic rings. The van der Waals surface area contributed by atoms with Crippen molar-refractivity contribution in [2.45, 2.75) is 51.6 Å². The van der Waals surface area contributed by atoms with Gasteiger partial charge in [-0.25, -0.2) is 0 Å². The molecule has 0 amide bonds. The largest absolute Gasteiger partial charge is 0.381 e. The fourth-order valence-electron chi connectivity index (χ4n) is 3.68. The minimum atomic E-state index is 0.123. The summed E-state index contributed by atoms with van der Waals surface area (Å²) in [5.74, 6) is 1.53. The minimum Gasteiger partial charge on any atom is -0.381 e. The molecule has 152 valence electrons. The Morgan fingerprint density at radius 1 is 1.15 bits per heavy atom. The topological polar surface area (TPSA) is 48.9 Å². The van der Waals surface area contributed by atoms with E-state index < -0.39 is 0 Å². The van der Waals surface area contributed by atoms with E-state index in [0.29, 0.717) is 5.92 Å². The van der Waals surface area contributed by atoms with Gasteiger partial charge in [0.05, 0.1) is 6.04 Å². The number of aliphatic imine (C=N–C) groups is 1. The van der Waals surface area contributed by atoms with Crippen LogP contribution < -0.4 is 10.6 Å². The molecule has 2 rings (SSSR count). The highest BCUT2D eigenvalue weighted by Crippen LogP contribution is 2.25. The van der Waals surface area contributed by atoms with Crippen LogP contribution in [0.5, 0.6) is 0 Å². The molecule has 0 bridgehead atoms. The number of likely N-dealkylation sites (N-methyl/N-ethyl adjacent to an activating group) is 1. The van der Waals surface area contributed by atoms with Gasteiger partial charge in [0.25, 0.3) is 0 Å². The van der Waals surface area contributed by atoms with Gasteiger partial charge in [0.15, 0.2) is 5.96 Å². The van der Waals surface area contributed by atoms with Crippen molar-refractivity contribution in [3.05, 3.63) is 35.4 Å². The molecule has 27 heavy (non-hydrogen) atoms. The molecule has 0 spiro atoms. The minimum absolute atomic E-state index is 0.123. The average Bonchev–Trinajstić information content (AvgIpc) is 2.65. The van der Waals surface area contributed by atoms with Gasteiger partial charge in [-0.15, -0.1) is 0 Å². The number of benzene rings is 1. The molecule has 0 radical (unpaired) electrons. The first-order chi connectivity index (χ1) is 12.9. The van der Waals surface area contributed by atoms with E-state index in [0.717, 1.165) is 45.0 Å². The van der Waals surface area contributed by atoms with Gasteiger partial charge in [0.1, 0.15) is 0 Å². The van der Waals surface area contributed by atoms with Crippen LogP contribution in [-0.4, -0.2) is 57.3 Å². The van der Waals surface area contributed by atoms with E-state index in [-0.39, 0.29) is 11.6 Å². The van der Waals surface area contributed by atoms with Crippen LogP contribution in [0.4, 0.5) is 0 Å². The zero-order valence-electron chi connectivity index (χ0n) is 18.0. The van der Waals surface area contributed by atoms with Gasteiger partial charge in [0.2, 0.25) is 0 Å². The molecule has 5 nitrogen and oxygen atoms in total. The number of hydrogen-bond acceptors (Lipinski definition) is 3. The fourth-order valence-corrected chi connectivity index (χ4v) is 3.68. The molecule has 2 N–H and O–H groups in total. The van der Waals surface area contributed by atoms with Gasteiger partial charge >= 0.3 is 0 Å². The van der Waals surface area contributed by atoms with E-state index in [2.05, 4.69) is 79.7 Å². The lowest BCUT2D eigenvalue weighted by atomic mass is 9.88. The van der Waals surface area contributed by atoms with E-state index in [4.69, 9.17) is 4.74 Å². The third kappa shape index (κ3) is 6.22. The molecule has 1 aromatic carbocycles. The second-order valence-electron chi connectivity index (χ2n) is 8.36. The molecule has 5 heteroatoms. The van der Waals surface area contributed by atoms with Crippen molar-refractivity contribution in [2.75, 3.05) is 40.9 Å². The normalized spacial score (nSPS) is 18.6. The Morgan fingerprint density at radius 2 is 1.78 bits per heavy atom. The summed E-state index contributed by atoms with van der Waals surface area (Å²) >= 11 is 0. The van der Waals surface area contributed by atoms with E-state index in [1.165, 1.54) is 11.1 Å². The molecular formula is C22H38N4O. The Morgan fingerprint density at radius 3 is 2.30 bits per heavy atom. The van der Waals surface area contributed by atoms with Crippen molar-refractivity contribution in [1.82, 2.24) is 15.5 Å². The quantitative estimate of drug-likeness (QED) is 0.568. The Balaban J connectivity index is 1.93. The first-order valence-electron chi connectivity index (χ1n) is 10.2. The monoisotopic (exact) mass is 374 g/mol. The average molecular weight is 375 g/mol. The highest BCUT2D eigenvalue weighted by Gasteiger charge is 2.34. The van der Waals surface area contributed by atoms with Crippen LogP contribution in [0, 0.1) is 5.92 Å². The lowest BCUT2D eigenvalue weighted by Gasteiger charge is -2.43. The maximum atomic E-state index is 5.56. The smallest absolute Gasteiger partial charge is 0.191 e. The molecule has 1 atom stereocenters. The van der Waals surface area contributed by atoms with Gasteiger partial charge in [0, 0.05) is 32.3 Å². The van der Waals surface area contributed by atoms with Gasteiger partial charge in [-0.1, -0.05) is 38.1 Å². The molecule has 1 heterocycles. The molecule has 1 fully saturated rings. The molecule has 1 unspecified atom stereocenters. The summed E-state index contributed by atoms with van der Waals surface area (Å²) in [5.41, 5.74) is 2.80. The summed E-state index contributed by atoms with van der Waals surface area (Å²) in [7, 11) is 6.15. The second-order valence-corrected chi connectivity index (χ2v) is 8.36. The van der Waals surface area contributed by atoms with Crippen LogP contribution in [0.25, 0.3) is 0 Å². The van der Waals surface area contributed by atoms with Crippen LogP contribution >= 0.6 is 0 Å². The van der Waals surface area contributed by atoms with Crippen LogP contribution in [0.3, 0.4) is 0 Å². The molecule has 1 aliphatic heterocycles. The number of guanidine groups is 1. The summed E-state index contributed by atoms with van der Waals surface area (Å²) in [6, 6.07) is 9.14. The van der Waals surface area contributed by atoms with Gasteiger partial charge in [-0.3, -0.25) is 4.99 Å². The SMILES string of the molecule is CN=C(NCC1(N(C)C)CCOCC1)NC(C)c1ccc(CC(C)C)cc1. The van der Waals surface area contributed by atoms with Crippen molar-refractivity contribution in [3.63, 3.8) is 0 Å². The molecule has 0 saturated carbocycles. The van der Waals surface area contributed by atoms with Crippen molar-refractivity contribution >= 4 is 5.96 Å². The summed E-state index contributed by atoms with van der Waals surface area (Å²) < 4.78 is 5.56. The summed E-state index contributed by atoms with van der Waals surface area (Å²) in [6.07, 6.45) is 3.20. The maximum absolute atomic E-state index is 5.56. The van der Waals surface area contributed by atoms with E-state index >= 15 is 0 Å². The predicted octanol–water partition coefficient (Wildman–Crippen LogP) is 3.22. The Hall–Kier alpha value is -1.59. The predicted molar refractivity (Wildman–Crippen MR) is 114 cm³/mol. The van der Waals surface area contributed by atoms with Crippen LogP contribution in [0.1, 0.15) is 50.8 Å². The number of nitrogens with zero attached hydrogens (tertiary/aromatic N) is 2. The second kappa shape index (κ2) is 10.1. The number of nitrogens with one attached hydrogen (secondary N) is 2. The maximum Gasteiger partial charge on any atom is 0.191 e. The van der Waals surface area contributed by atoms with Gasteiger partial charge in [-0.05, 0) is 57.3 Å². The summed E-state index contributed by atoms with van der Waals surface area (Å²) in [4.78, 5) is 6.76. The first-order valence-corrected chi connectivity index (χ1v) is 10.2. The third-order valence-electron chi connectivity index (χ3n) is 5.66. The standard InChI is InChI=1S/C22H38N4O/c1-17(2)15-19-7-9-20(10-8-19)18(3)25-21(23-4)24-16-22(26(5)6)11-13-27-14-12-22/h7-10,17-18H,11-16H2,1-6H3,(H2,23,24,25). The highest BCUT2D eigenvalue weighted by molar-refractivity contribution is 5.80. The summed E-state index contributed by atoms with van der Waals surface area (Å²) in [6.45, 7) is 9.21. The van der Waals surface area contributed by atoms with Crippen molar-refractivity contribution in [1.29, 1.82) is 0 Å². The molecule has 0 aliphatic carbocycles.